The first kappa shape index (κ1) is 16.0. The Kier molecular flexibility index (Phi) is 3.76. The van der Waals surface area contributed by atoms with Gasteiger partial charge in [-0.3, -0.25) is 14.1 Å². The molecule has 1 aromatic carbocycles. The van der Waals surface area contributed by atoms with E-state index in [0.29, 0.717) is 11.2 Å². The van der Waals surface area contributed by atoms with Gasteiger partial charge in [-0.05, 0) is 25.1 Å². The quantitative estimate of drug-likeness (QED) is 0.673. The number of aromatic nitrogens is 4. The first-order valence-electron chi connectivity index (χ1n) is 7.02. The number of nitrogens with zero attached hydrogens (tertiary/aromatic N) is 4. The van der Waals surface area contributed by atoms with Crippen molar-refractivity contribution in [2.24, 2.45) is 0 Å². The molecule has 9 nitrogen and oxygen atoms in total. The lowest BCUT2D eigenvalue weighted by Crippen LogP contribution is -2.20. The Morgan fingerprint density at radius 1 is 1.38 bits per heavy atom. The summed E-state index contributed by atoms with van der Waals surface area (Å²) in [5.41, 5.74) is 7.98. The Bertz CT molecular complexity index is 1030. The van der Waals surface area contributed by atoms with Crippen LogP contribution in [-0.2, 0) is 16.6 Å². The SMILES string of the molecule is Cc1cc2c(N)cccc2n1C(=O)Cn1ncc(NS(C)(=O)=O)n1. The number of carbonyl (C=O) groups excluding carboxylic acids is 1. The Morgan fingerprint density at radius 3 is 2.83 bits per heavy atom. The molecule has 0 amide bonds. The lowest BCUT2D eigenvalue weighted by molar-refractivity contribution is 0.0884. The molecule has 126 valence electrons. The van der Waals surface area contributed by atoms with E-state index in [2.05, 4.69) is 14.9 Å². The number of nitrogens with one attached hydrogen (secondary N) is 1. The van der Waals surface area contributed by atoms with Crippen LogP contribution in [0, 0.1) is 6.92 Å². The maximum atomic E-state index is 12.6. The van der Waals surface area contributed by atoms with Gasteiger partial charge in [-0.2, -0.15) is 9.90 Å². The molecule has 0 bridgehead atoms. The van der Waals surface area contributed by atoms with E-state index in [1.807, 2.05) is 19.1 Å². The van der Waals surface area contributed by atoms with Gasteiger partial charge in [0.25, 0.3) is 5.91 Å². The first-order chi connectivity index (χ1) is 11.2. The van der Waals surface area contributed by atoms with Gasteiger partial charge in [-0.25, -0.2) is 8.42 Å². The summed E-state index contributed by atoms with van der Waals surface area (Å²) in [6, 6.07) is 7.20. The van der Waals surface area contributed by atoms with Gasteiger partial charge < -0.3 is 5.73 Å². The van der Waals surface area contributed by atoms with Gasteiger partial charge in [-0.15, -0.1) is 5.10 Å². The predicted molar refractivity (Wildman–Crippen MR) is 90.2 cm³/mol. The van der Waals surface area contributed by atoms with Crippen LogP contribution in [0.4, 0.5) is 11.5 Å². The van der Waals surface area contributed by atoms with Gasteiger partial charge in [0, 0.05) is 16.8 Å². The summed E-state index contributed by atoms with van der Waals surface area (Å²) >= 11 is 0. The van der Waals surface area contributed by atoms with E-state index in [0.717, 1.165) is 22.1 Å². The van der Waals surface area contributed by atoms with Crippen LogP contribution in [0.3, 0.4) is 0 Å². The van der Waals surface area contributed by atoms with Gasteiger partial charge in [0.2, 0.25) is 10.0 Å². The van der Waals surface area contributed by atoms with Crippen molar-refractivity contribution in [1.29, 1.82) is 0 Å². The molecule has 3 rings (SSSR count). The summed E-state index contributed by atoms with van der Waals surface area (Å²) < 4.78 is 26.1. The molecule has 0 radical (unpaired) electrons. The number of nitrogen functional groups attached to an aromatic ring is 1. The summed E-state index contributed by atoms with van der Waals surface area (Å²) in [5, 5.41) is 8.63. The van der Waals surface area contributed by atoms with Crippen LogP contribution in [-0.4, -0.2) is 40.1 Å². The third kappa shape index (κ3) is 3.08. The normalized spacial score (nSPS) is 11.8. The summed E-state index contributed by atoms with van der Waals surface area (Å²) in [7, 11) is -3.45. The van der Waals surface area contributed by atoms with Crippen LogP contribution < -0.4 is 10.5 Å². The molecule has 0 spiro atoms. The highest BCUT2D eigenvalue weighted by Crippen LogP contribution is 2.24. The number of anilines is 2. The number of hydrogen-bond donors (Lipinski definition) is 2. The summed E-state index contributed by atoms with van der Waals surface area (Å²) in [5.74, 6) is -0.196. The number of hydrogen-bond acceptors (Lipinski definition) is 6. The molecule has 2 heterocycles. The second-order valence-corrected chi connectivity index (χ2v) is 7.18. The highest BCUT2D eigenvalue weighted by atomic mass is 32.2. The number of carbonyl (C=O) groups is 1. The highest BCUT2D eigenvalue weighted by Gasteiger charge is 2.16. The lowest BCUT2D eigenvalue weighted by atomic mass is 10.2. The molecule has 10 heteroatoms. The Balaban J connectivity index is 1.88. The molecule has 24 heavy (non-hydrogen) atoms. The smallest absolute Gasteiger partial charge is 0.254 e. The molecule has 0 aliphatic rings. The molecule has 0 saturated heterocycles. The van der Waals surface area contributed by atoms with Crippen LogP contribution >= 0.6 is 0 Å². The molecular formula is C14H16N6O3S. The van der Waals surface area contributed by atoms with Crippen molar-refractivity contribution in [1.82, 2.24) is 19.6 Å². The predicted octanol–water partition coefficient (Wildman–Crippen LogP) is 0.835. The third-order valence-corrected chi connectivity index (χ3v) is 4.00. The van der Waals surface area contributed by atoms with Gasteiger partial charge >= 0.3 is 0 Å². The van der Waals surface area contributed by atoms with Crippen LogP contribution in [0.15, 0.2) is 30.5 Å². The zero-order valence-corrected chi connectivity index (χ0v) is 13.9. The Morgan fingerprint density at radius 2 is 2.12 bits per heavy atom. The minimum absolute atomic E-state index is 0.0589. The number of aryl methyl sites for hydroxylation is 1. The molecular weight excluding hydrogens is 332 g/mol. The largest absolute Gasteiger partial charge is 0.398 e. The van der Waals surface area contributed by atoms with Crippen molar-refractivity contribution in [3.8, 4) is 0 Å². The second kappa shape index (κ2) is 5.64. The molecule has 0 aliphatic heterocycles. The van der Waals surface area contributed by atoms with Crippen LogP contribution in [0.5, 0.6) is 0 Å². The average Bonchev–Trinajstić information content (AvgIpc) is 3.01. The fourth-order valence-electron chi connectivity index (χ4n) is 2.52. The molecule has 0 fully saturated rings. The number of rotatable bonds is 4. The number of fused-ring (bicyclic) bond motifs is 1. The highest BCUT2D eigenvalue weighted by molar-refractivity contribution is 7.92. The molecule has 3 N–H and O–H groups in total. The fraction of sp³-hybridized carbons (Fsp3) is 0.214. The minimum atomic E-state index is -3.45. The van der Waals surface area contributed by atoms with Crippen molar-refractivity contribution in [3.63, 3.8) is 0 Å². The summed E-state index contributed by atoms with van der Waals surface area (Å²) in [4.78, 5) is 13.7. The van der Waals surface area contributed by atoms with Gasteiger partial charge in [0.05, 0.1) is 18.0 Å². The standard InChI is InChI=1S/C14H16N6O3S/c1-9-6-10-11(15)4-3-5-12(10)20(9)14(21)8-19-16-7-13(17-19)18-24(2,22)23/h3-7H,8,15H2,1-2H3,(H,17,18). The zero-order valence-electron chi connectivity index (χ0n) is 13.1. The van der Waals surface area contributed by atoms with Crippen molar-refractivity contribution >= 4 is 38.3 Å². The van der Waals surface area contributed by atoms with E-state index in [-0.39, 0.29) is 18.3 Å². The lowest BCUT2D eigenvalue weighted by Gasteiger charge is -2.06. The third-order valence-electron chi connectivity index (χ3n) is 3.42. The zero-order chi connectivity index (χ0) is 17.5. The van der Waals surface area contributed by atoms with E-state index in [1.54, 1.807) is 16.7 Å². The molecule has 2 aromatic heterocycles. The maximum Gasteiger partial charge on any atom is 0.254 e. The summed E-state index contributed by atoms with van der Waals surface area (Å²) in [6.45, 7) is 1.68. The monoisotopic (exact) mass is 348 g/mol. The van der Waals surface area contributed by atoms with E-state index in [1.165, 1.54) is 6.20 Å². The topological polar surface area (TPSA) is 125 Å². The molecule has 3 aromatic rings. The number of benzene rings is 1. The van der Waals surface area contributed by atoms with Gasteiger partial charge in [0.1, 0.15) is 6.54 Å². The average molecular weight is 348 g/mol. The van der Waals surface area contributed by atoms with E-state index in [4.69, 9.17) is 5.73 Å². The molecule has 0 aliphatic carbocycles. The second-order valence-electron chi connectivity index (χ2n) is 5.43. The number of sulfonamides is 1. The van der Waals surface area contributed by atoms with E-state index < -0.39 is 10.0 Å². The van der Waals surface area contributed by atoms with Crippen molar-refractivity contribution < 1.29 is 13.2 Å². The van der Waals surface area contributed by atoms with E-state index in [9.17, 15) is 13.2 Å². The van der Waals surface area contributed by atoms with Crippen LogP contribution in [0.25, 0.3) is 10.9 Å². The van der Waals surface area contributed by atoms with Crippen LogP contribution in [0.2, 0.25) is 0 Å². The minimum Gasteiger partial charge on any atom is -0.398 e. The fourth-order valence-corrected chi connectivity index (χ4v) is 2.99. The first-order valence-corrected chi connectivity index (χ1v) is 8.91. The van der Waals surface area contributed by atoms with Gasteiger partial charge in [-0.1, -0.05) is 6.07 Å². The summed E-state index contributed by atoms with van der Waals surface area (Å²) in [6.07, 6.45) is 2.25. The van der Waals surface area contributed by atoms with Gasteiger partial charge in [0.15, 0.2) is 5.82 Å². The van der Waals surface area contributed by atoms with Crippen molar-refractivity contribution in [3.05, 3.63) is 36.2 Å². The van der Waals surface area contributed by atoms with E-state index >= 15 is 0 Å². The molecule has 0 saturated carbocycles. The molecule has 0 atom stereocenters. The number of nitrogens with two attached hydrogens (primary N) is 1. The Labute approximate surface area is 138 Å². The van der Waals surface area contributed by atoms with Crippen LogP contribution in [0.1, 0.15) is 10.5 Å². The van der Waals surface area contributed by atoms with Crippen molar-refractivity contribution in [2.75, 3.05) is 16.7 Å². The maximum absolute atomic E-state index is 12.6. The van der Waals surface area contributed by atoms with Crippen molar-refractivity contribution in [2.45, 2.75) is 13.5 Å². The Hall–Kier alpha value is -2.88. The molecule has 0 unspecified atom stereocenters.